The van der Waals surface area contributed by atoms with Gasteiger partial charge in [-0.15, -0.1) is 0 Å². The van der Waals surface area contributed by atoms with Crippen LogP contribution in [0.3, 0.4) is 0 Å². The van der Waals surface area contributed by atoms with E-state index in [1.807, 2.05) is 6.92 Å². The number of carbonyl (C=O) groups is 1. The van der Waals surface area contributed by atoms with Gasteiger partial charge in [0, 0.05) is 19.5 Å². The van der Waals surface area contributed by atoms with E-state index in [9.17, 15) is 9.18 Å². The Bertz CT molecular complexity index is 424. The second-order valence-electron chi connectivity index (χ2n) is 4.27. The van der Waals surface area contributed by atoms with Crippen LogP contribution >= 0.6 is 0 Å². The number of amides is 1. The van der Waals surface area contributed by atoms with Crippen LogP contribution < -0.4 is 10.5 Å². The van der Waals surface area contributed by atoms with Crippen LogP contribution in [0.4, 0.5) is 4.39 Å². The summed E-state index contributed by atoms with van der Waals surface area (Å²) in [4.78, 5) is 13.6. The monoisotopic (exact) mass is 268 g/mol. The van der Waals surface area contributed by atoms with Gasteiger partial charge in [-0.25, -0.2) is 4.39 Å². The molecule has 0 saturated heterocycles. The maximum atomic E-state index is 13.6. The third-order valence-corrected chi connectivity index (χ3v) is 2.92. The smallest absolute Gasteiger partial charge is 0.222 e. The number of hydrogen-bond acceptors (Lipinski definition) is 3. The van der Waals surface area contributed by atoms with Crippen LogP contribution in [0, 0.1) is 5.82 Å². The Kier molecular flexibility index (Phi) is 6.29. The zero-order valence-corrected chi connectivity index (χ0v) is 11.5. The molecule has 5 heteroatoms. The van der Waals surface area contributed by atoms with E-state index in [2.05, 4.69) is 0 Å². The molecule has 0 spiro atoms. The fourth-order valence-electron chi connectivity index (χ4n) is 1.82. The number of hydrogen-bond donors (Lipinski definition) is 1. The summed E-state index contributed by atoms with van der Waals surface area (Å²) in [5, 5.41) is 0. The molecule has 19 heavy (non-hydrogen) atoms. The Morgan fingerprint density at radius 2 is 2.21 bits per heavy atom. The quantitative estimate of drug-likeness (QED) is 0.822. The molecule has 0 radical (unpaired) electrons. The van der Waals surface area contributed by atoms with E-state index in [0.29, 0.717) is 32.5 Å². The van der Waals surface area contributed by atoms with Crippen LogP contribution in [0.25, 0.3) is 0 Å². The van der Waals surface area contributed by atoms with Crippen molar-refractivity contribution >= 4 is 5.91 Å². The van der Waals surface area contributed by atoms with Crippen molar-refractivity contribution in [1.82, 2.24) is 4.90 Å². The lowest BCUT2D eigenvalue weighted by molar-refractivity contribution is -0.131. The first-order valence-electron chi connectivity index (χ1n) is 6.42. The van der Waals surface area contributed by atoms with Crippen molar-refractivity contribution < 1.29 is 13.9 Å². The molecule has 1 aromatic carbocycles. The van der Waals surface area contributed by atoms with Crippen molar-refractivity contribution in [1.29, 1.82) is 0 Å². The average Bonchev–Trinajstić information content (AvgIpc) is 2.42. The summed E-state index contributed by atoms with van der Waals surface area (Å²) in [5.41, 5.74) is 6.14. The van der Waals surface area contributed by atoms with Crippen molar-refractivity contribution in [2.45, 2.75) is 26.3 Å². The summed E-state index contributed by atoms with van der Waals surface area (Å²) in [7, 11) is 1.42. The maximum Gasteiger partial charge on any atom is 0.222 e. The molecule has 0 heterocycles. The molecule has 0 unspecified atom stereocenters. The second kappa shape index (κ2) is 7.74. The van der Waals surface area contributed by atoms with Crippen LogP contribution in [0.1, 0.15) is 25.3 Å². The van der Waals surface area contributed by atoms with Crippen LogP contribution in [0.2, 0.25) is 0 Å². The van der Waals surface area contributed by atoms with Crippen LogP contribution in [-0.2, 0) is 11.3 Å². The van der Waals surface area contributed by atoms with E-state index in [-0.39, 0.29) is 11.7 Å². The maximum absolute atomic E-state index is 13.6. The highest BCUT2D eigenvalue weighted by Crippen LogP contribution is 2.18. The number of carbonyl (C=O) groups excluding carboxylic acids is 1. The Morgan fingerprint density at radius 3 is 2.74 bits per heavy atom. The van der Waals surface area contributed by atoms with Crippen molar-refractivity contribution in [3.8, 4) is 5.75 Å². The van der Waals surface area contributed by atoms with Gasteiger partial charge in [-0.2, -0.15) is 0 Å². The molecule has 0 saturated carbocycles. The van der Waals surface area contributed by atoms with E-state index in [1.165, 1.54) is 13.2 Å². The fraction of sp³-hybridized carbons (Fsp3) is 0.500. The lowest BCUT2D eigenvalue weighted by atomic mass is 10.2. The standard InChI is InChI=1S/C14H21FN2O2/c1-3-17(14(18)5-4-8-16)10-11-6-7-13(19-2)12(15)9-11/h6-7,9H,3-5,8,10,16H2,1-2H3. The van der Waals surface area contributed by atoms with Gasteiger partial charge in [0.1, 0.15) is 0 Å². The molecule has 1 aromatic rings. The predicted octanol–water partition coefficient (Wildman–Crippen LogP) is 1.92. The summed E-state index contributed by atoms with van der Waals surface area (Å²) in [6, 6.07) is 4.74. The van der Waals surface area contributed by atoms with Gasteiger partial charge in [-0.1, -0.05) is 6.07 Å². The molecule has 0 aliphatic heterocycles. The SMILES string of the molecule is CCN(Cc1ccc(OC)c(F)c1)C(=O)CCCN. The minimum absolute atomic E-state index is 0.0455. The summed E-state index contributed by atoms with van der Waals surface area (Å²) < 4.78 is 18.4. The zero-order valence-electron chi connectivity index (χ0n) is 11.5. The molecule has 0 fully saturated rings. The normalized spacial score (nSPS) is 10.3. The number of benzene rings is 1. The highest BCUT2D eigenvalue weighted by atomic mass is 19.1. The lowest BCUT2D eigenvalue weighted by Gasteiger charge is -2.21. The van der Waals surface area contributed by atoms with Gasteiger partial charge in [-0.05, 0) is 37.6 Å². The molecule has 0 aliphatic rings. The van der Waals surface area contributed by atoms with Crippen molar-refractivity contribution in [3.05, 3.63) is 29.6 Å². The Balaban J connectivity index is 2.70. The summed E-state index contributed by atoms with van der Waals surface area (Å²) in [6.07, 6.45) is 1.11. The van der Waals surface area contributed by atoms with E-state index in [1.54, 1.807) is 17.0 Å². The summed E-state index contributed by atoms with van der Waals surface area (Å²) in [5.74, 6) is -0.157. The number of methoxy groups -OCH3 is 1. The van der Waals surface area contributed by atoms with Gasteiger partial charge in [0.2, 0.25) is 5.91 Å². The minimum Gasteiger partial charge on any atom is -0.494 e. The molecule has 1 amide bonds. The fourth-order valence-corrected chi connectivity index (χ4v) is 1.82. The topological polar surface area (TPSA) is 55.6 Å². The molecule has 1 rings (SSSR count). The molecular formula is C14H21FN2O2. The third-order valence-electron chi connectivity index (χ3n) is 2.92. The first-order chi connectivity index (χ1) is 9.12. The van der Waals surface area contributed by atoms with E-state index in [0.717, 1.165) is 5.56 Å². The van der Waals surface area contributed by atoms with Crippen LogP contribution in [0.5, 0.6) is 5.75 Å². The highest BCUT2D eigenvalue weighted by molar-refractivity contribution is 5.76. The van der Waals surface area contributed by atoms with Crippen LogP contribution in [0.15, 0.2) is 18.2 Å². The molecule has 0 aliphatic carbocycles. The zero-order chi connectivity index (χ0) is 14.3. The van der Waals surface area contributed by atoms with Gasteiger partial charge in [0.25, 0.3) is 0 Å². The highest BCUT2D eigenvalue weighted by Gasteiger charge is 2.12. The molecule has 4 nitrogen and oxygen atoms in total. The van der Waals surface area contributed by atoms with E-state index < -0.39 is 5.82 Å². The summed E-state index contributed by atoms with van der Waals surface area (Å²) >= 11 is 0. The second-order valence-corrected chi connectivity index (χ2v) is 4.27. The molecular weight excluding hydrogens is 247 g/mol. The average molecular weight is 268 g/mol. The van der Waals surface area contributed by atoms with Crippen LogP contribution in [-0.4, -0.2) is 31.0 Å². The van der Waals surface area contributed by atoms with Gasteiger partial charge >= 0.3 is 0 Å². The Morgan fingerprint density at radius 1 is 1.47 bits per heavy atom. The van der Waals surface area contributed by atoms with E-state index in [4.69, 9.17) is 10.5 Å². The van der Waals surface area contributed by atoms with Gasteiger partial charge in [0.05, 0.1) is 7.11 Å². The first kappa shape index (κ1) is 15.4. The Hall–Kier alpha value is -1.62. The first-order valence-corrected chi connectivity index (χ1v) is 6.42. The Labute approximate surface area is 113 Å². The van der Waals surface area contributed by atoms with Gasteiger partial charge in [-0.3, -0.25) is 4.79 Å². The molecule has 0 bridgehead atoms. The van der Waals surface area contributed by atoms with E-state index >= 15 is 0 Å². The number of halogens is 1. The summed E-state index contributed by atoms with van der Waals surface area (Å²) in [6.45, 7) is 3.40. The van der Waals surface area contributed by atoms with Gasteiger partial charge < -0.3 is 15.4 Å². The molecule has 2 N–H and O–H groups in total. The number of nitrogens with zero attached hydrogens (tertiary/aromatic N) is 1. The van der Waals surface area contributed by atoms with Crippen molar-refractivity contribution in [2.75, 3.05) is 20.2 Å². The lowest BCUT2D eigenvalue weighted by Crippen LogP contribution is -2.30. The molecule has 0 aromatic heterocycles. The van der Waals surface area contributed by atoms with Crippen molar-refractivity contribution in [3.63, 3.8) is 0 Å². The molecule has 106 valence electrons. The molecule has 0 atom stereocenters. The third kappa shape index (κ3) is 4.52. The largest absolute Gasteiger partial charge is 0.494 e. The number of nitrogens with two attached hydrogens (primary N) is 1. The number of ether oxygens (including phenoxy) is 1. The van der Waals surface area contributed by atoms with Gasteiger partial charge in [0.15, 0.2) is 11.6 Å². The minimum atomic E-state index is -0.412. The number of rotatable bonds is 7. The van der Waals surface area contributed by atoms with Crippen molar-refractivity contribution in [2.24, 2.45) is 5.73 Å². The predicted molar refractivity (Wildman–Crippen MR) is 72.3 cm³/mol.